The van der Waals surface area contributed by atoms with E-state index >= 15 is 0 Å². The molecule has 2 heterocycles. The summed E-state index contributed by atoms with van der Waals surface area (Å²) < 4.78 is 0. The highest BCUT2D eigenvalue weighted by atomic mass is 15.3. The first-order valence-corrected chi connectivity index (χ1v) is 13.0. The normalized spacial score (nSPS) is 22.8. The lowest BCUT2D eigenvalue weighted by atomic mass is 9.68. The molecule has 1 aromatic carbocycles. The first kappa shape index (κ1) is 23.3. The molecule has 0 bridgehead atoms. The standard InChI is InChI=1S/C29H43N3/c1-5-6-16-31-17-19-32(20-18-31)28-21-24(25-8-7-15-30-22-25)11-14-27(28)23-9-12-26(13-10-23)29(2,3)4/h7-8,11,14-15,21-23,26H,5-6,9-10,12-13,16-20H2,1-4H3. The van der Waals surface area contributed by atoms with Crippen molar-refractivity contribution < 1.29 is 0 Å². The van der Waals surface area contributed by atoms with E-state index in [1.807, 2.05) is 18.5 Å². The monoisotopic (exact) mass is 433 g/mol. The molecule has 2 fully saturated rings. The van der Waals surface area contributed by atoms with Crippen LogP contribution in [-0.4, -0.2) is 42.6 Å². The molecule has 0 amide bonds. The van der Waals surface area contributed by atoms with Gasteiger partial charge in [0.05, 0.1) is 0 Å². The fraction of sp³-hybridized carbons (Fsp3) is 0.621. The maximum absolute atomic E-state index is 4.36. The zero-order chi connectivity index (χ0) is 22.6. The first-order valence-electron chi connectivity index (χ1n) is 13.0. The predicted octanol–water partition coefficient (Wildman–Crippen LogP) is 6.99. The van der Waals surface area contributed by atoms with E-state index in [1.165, 1.54) is 75.0 Å². The summed E-state index contributed by atoms with van der Waals surface area (Å²) in [6.45, 7) is 15.5. The Morgan fingerprint density at radius 3 is 2.31 bits per heavy atom. The third-order valence-corrected chi connectivity index (χ3v) is 7.96. The highest BCUT2D eigenvalue weighted by Crippen LogP contribution is 2.45. The van der Waals surface area contributed by atoms with Crippen LogP contribution in [0.25, 0.3) is 11.1 Å². The molecule has 0 N–H and O–H groups in total. The van der Waals surface area contributed by atoms with E-state index in [0.717, 1.165) is 19.0 Å². The Bertz CT molecular complexity index is 838. The Hall–Kier alpha value is -1.87. The van der Waals surface area contributed by atoms with Gasteiger partial charge in [-0.2, -0.15) is 0 Å². The van der Waals surface area contributed by atoms with Crippen LogP contribution in [0.3, 0.4) is 0 Å². The molecule has 32 heavy (non-hydrogen) atoms. The number of benzene rings is 1. The number of aromatic nitrogens is 1. The molecule has 0 atom stereocenters. The van der Waals surface area contributed by atoms with E-state index in [1.54, 1.807) is 5.56 Å². The molecule has 0 unspecified atom stereocenters. The molecule has 3 heteroatoms. The molecule has 2 aliphatic rings. The van der Waals surface area contributed by atoms with Gasteiger partial charge in [0, 0.05) is 49.8 Å². The summed E-state index contributed by atoms with van der Waals surface area (Å²) in [4.78, 5) is 9.69. The predicted molar refractivity (Wildman–Crippen MR) is 137 cm³/mol. The third kappa shape index (κ3) is 5.54. The van der Waals surface area contributed by atoms with Crippen molar-refractivity contribution in [1.29, 1.82) is 0 Å². The van der Waals surface area contributed by atoms with Gasteiger partial charge in [-0.15, -0.1) is 0 Å². The molecule has 1 aliphatic heterocycles. The van der Waals surface area contributed by atoms with Crippen LogP contribution in [-0.2, 0) is 0 Å². The number of hydrogen-bond donors (Lipinski definition) is 0. The van der Waals surface area contributed by atoms with Crippen LogP contribution < -0.4 is 4.90 Å². The first-order chi connectivity index (χ1) is 15.5. The summed E-state index contributed by atoms with van der Waals surface area (Å²) in [5.74, 6) is 1.56. The van der Waals surface area contributed by atoms with Crippen molar-refractivity contribution >= 4 is 5.69 Å². The van der Waals surface area contributed by atoms with Crippen molar-refractivity contribution in [3.8, 4) is 11.1 Å². The van der Waals surface area contributed by atoms with E-state index in [-0.39, 0.29) is 0 Å². The average molecular weight is 434 g/mol. The van der Waals surface area contributed by atoms with Crippen molar-refractivity contribution in [2.45, 2.75) is 72.1 Å². The molecule has 1 aromatic heterocycles. The fourth-order valence-electron chi connectivity index (χ4n) is 5.74. The lowest BCUT2D eigenvalue weighted by Gasteiger charge is -2.40. The van der Waals surface area contributed by atoms with E-state index in [0.29, 0.717) is 11.3 Å². The van der Waals surface area contributed by atoms with Crippen molar-refractivity contribution in [3.05, 3.63) is 48.3 Å². The lowest BCUT2D eigenvalue weighted by molar-refractivity contribution is 0.169. The van der Waals surface area contributed by atoms with Crippen LogP contribution in [0.4, 0.5) is 5.69 Å². The minimum Gasteiger partial charge on any atom is -0.369 e. The fourth-order valence-corrected chi connectivity index (χ4v) is 5.74. The average Bonchev–Trinajstić information content (AvgIpc) is 2.83. The van der Waals surface area contributed by atoms with E-state index in [9.17, 15) is 0 Å². The second-order valence-corrected chi connectivity index (χ2v) is 11.1. The van der Waals surface area contributed by atoms with Gasteiger partial charge in [-0.3, -0.25) is 9.88 Å². The molecule has 3 nitrogen and oxygen atoms in total. The quantitative estimate of drug-likeness (QED) is 0.489. The van der Waals surface area contributed by atoms with Gasteiger partial charge < -0.3 is 4.90 Å². The minimum atomic E-state index is 0.437. The Labute approximate surface area is 196 Å². The van der Waals surface area contributed by atoms with Gasteiger partial charge in [0.1, 0.15) is 0 Å². The highest BCUT2D eigenvalue weighted by molar-refractivity contribution is 5.71. The summed E-state index contributed by atoms with van der Waals surface area (Å²) in [6.07, 6.45) is 11.9. The number of piperazine rings is 1. The second kappa shape index (κ2) is 10.4. The molecule has 1 saturated carbocycles. The maximum Gasteiger partial charge on any atom is 0.0408 e. The van der Waals surface area contributed by atoms with Crippen LogP contribution >= 0.6 is 0 Å². The molecule has 0 radical (unpaired) electrons. The topological polar surface area (TPSA) is 19.4 Å². The molecule has 0 spiro atoms. The number of rotatable bonds is 6. The van der Waals surface area contributed by atoms with E-state index < -0.39 is 0 Å². The van der Waals surface area contributed by atoms with Gasteiger partial charge in [0.2, 0.25) is 0 Å². The number of anilines is 1. The van der Waals surface area contributed by atoms with Crippen molar-refractivity contribution in [2.75, 3.05) is 37.6 Å². The SMILES string of the molecule is CCCCN1CCN(c2cc(-c3cccnc3)ccc2C2CCC(C(C)(C)C)CC2)CC1. The number of unbranched alkanes of at least 4 members (excludes halogenated alkanes) is 1. The summed E-state index contributed by atoms with van der Waals surface area (Å²) in [5, 5.41) is 0. The summed E-state index contributed by atoms with van der Waals surface area (Å²) >= 11 is 0. The van der Waals surface area contributed by atoms with Crippen molar-refractivity contribution in [2.24, 2.45) is 11.3 Å². The van der Waals surface area contributed by atoms with Gasteiger partial charge in [-0.05, 0) is 79.2 Å². The Kier molecular flexibility index (Phi) is 7.55. The molecular weight excluding hydrogens is 390 g/mol. The van der Waals surface area contributed by atoms with Crippen LogP contribution in [0.5, 0.6) is 0 Å². The van der Waals surface area contributed by atoms with Gasteiger partial charge in [0.25, 0.3) is 0 Å². The number of hydrogen-bond acceptors (Lipinski definition) is 3. The molecule has 4 rings (SSSR count). The van der Waals surface area contributed by atoms with Crippen LogP contribution in [0, 0.1) is 11.3 Å². The molecule has 1 saturated heterocycles. The van der Waals surface area contributed by atoms with Gasteiger partial charge >= 0.3 is 0 Å². The van der Waals surface area contributed by atoms with Crippen LogP contribution in [0.2, 0.25) is 0 Å². The Morgan fingerprint density at radius 2 is 1.69 bits per heavy atom. The lowest BCUT2D eigenvalue weighted by Crippen LogP contribution is -2.47. The molecule has 1 aliphatic carbocycles. The van der Waals surface area contributed by atoms with Crippen LogP contribution in [0.1, 0.15) is 77.7 Å². The van der Waals surface area contributed by atoms with E-state index in [2.05, 4.69) is 66.7 Å². The van der Waals surface area contributed by atoms with Crippen LogP contribution in [0.15, 0.2) is 42.7 Å². The summed E-state index contributed by atoms with van der Waals surface area (Å²) in [6, 6.07) is 11.5. The van der Waals surface area contributed by atoms with E-state index in [4.69, 9.17) is 0 Å². The number of nitrogens with zero attached hydrogens (tertiary/aromatic N) is 3. The Balaban J connectivity index is 1.56. The smallest absolute Gasteiger partial charge is 0.0408 e. The second-order valence-electron chi connectivity index (χ2n) is 11.1. The third-order valence-electron chi connectivity index (χ3n) is 7.96. The van der Waals surface area contributed by atoms with Crippen molar-refractivity contribution in [1.82, 2.24) is 9.88 Å². The van der Waals surface area contributed by atoms with Gasteiger partial charge in [0.15, 0.2) is 0 Å². The molecule has 174 valence electrons. The van der Waals surface area contributed by atoms with Gasteiger partial charge in [-0.25, -0.2) is 0 Å². The molecular formula is C29H43N3. The number of pyridine rings is 1. The largest absolute Gasteiger partial charge is 0.369 e. The summed E-state index contributed by atoms with van der Waals surface area (Å²) in [5.41, 5.74) is 6.03. The highest BCUT2D eigenvalue weighted by Gasteiger charge is 2.32. The molecule has 2 aromatic rings. The Morgan fingerprint density at radius 1 is 0.938 bits per heavy atom. The van der Waals surface area contributed by atoms with Gasteiger partial charge in [-0.1, -0.05) is 52.3 Å². The minimum absolute atomic E-state index is 0.437. The van der Waals surface area contributed by atoms with Crippen molar-refractivity contribution in [3.63, 3.8) is 0 Å². The zero-order valence-electron chi connectivity index (χ0n) is 20.8. The zero-order valence-corrected chi connectivity index (χ0v) is 20.8. The maximum atomic E-state index is 4.36. The summed E-state index contributed by atoms with van der Waals surface area (Å²) in [7, 11) is 0.